The SMILES string of the molecule is CC[C@H](C)[C@@H]1NC(=O)CNC(=O)[C@@H]2Cc3c([nH]c4ccccc34)SC[C@H](NC(=O)CNC1=O)C(=O)N[C@@H](CCC(=O)O)C(=O)N1C[C@H](O)C[C@H]1C(=O)N[C@@H]([C@@H](C)CC)C(=O)N2. The number of benzene rings is 1. The lowest BCUT2D eigenvalue weighted by molar-refractivity contribution is -0.144. The summed E-state index contributed by atoms with van der Waals surface area (Å²) in [5, 5.41) is 39.8. The highest BCUT2D eigenvalue weighted by atomic mass is 32.2. The highest BCUT2D eigenvalue weighted by Gasteiger charge is 2.44. The first kappa shape index (κ1) is 46.4. The Balaban J connectivity index is 1.67. The first-order valence-corrected chi connectivity index (χ1v) is 21.5. The standard InChI is InChI=1S/C40H55N9O11S/c1-5-19(3)32-37(58)42-15-29(51)43-27-18-61-39-23(22-9-7-8-10-24(22)46-39)14-26(34(55)41-16-30(52)47-32)45-38(59)33(20(4)6-2)48-36(57)28-13-21(50)17-49(28)40(60)25(44-35(27)56)11-12-31(53)54/h7-10,19-21,25-28,32-33,46,50H,5-6,11-18H2,1-4H3,(H,41,55)(H,42,58)(H,43,51)(H,44,56)(H,45,59)(H,47,52)(H,48,57)(H,53,54)/t19-,20-,21+,25-,26-,27-,28-,32-,33-/m0/s1. The lowest BCUT2D eigenvalue weighted by Crippen LogP contribution is -2.61. The van der Waals surface area contributed by atoms with Gasteiger partial charge < -0.3 is 57.3 Å². The lowest BCUT2D eigenvalue weighted by atomic mass is 9.96. The number of aliphatic hydroxyl groups is 1. The summed E-state index contributed by atoms with van der Waals surface area (Å²) in [6.07, 6.45) is -1.72. The minimum atomic E-state index is -1.53. The van der Waals surface area contributed by atoms with Crippen molar-refractivity contribution in [1.82, 2.24) is 47.1 Å². The number of amides is 8. The zero-order valence-electron chi connectivity index (χ0n) is 34.5. The summed E-state index contributed by atoms with van der Waals surface area (Å²) < 4.78 is 0. The minimum absolute atomic E-state index is 0.151. The average molecular weight is 870 g/mol. The average Bonchev–Trinajstić information content (AvgIpc) is 3.80. The van der Waals surface area contributed by atoms with Crippen LogP contribution in [-0.2, 0) is 49.6 Å². The Hall–Kier alpha value is -5.70. The van der Waals surface area contributed by atoms with Gasteiger partial charge in [-0.3, -0.25) is 43.2 Å². The third-order valence-corrected chi connectivity index (χ3v) is 12.6. The van der Waals surface area contributed by atoms with E-state index in [1.165, 1.54) is 0 Å². The fourth-order valence-corrected chi connectivity index (χ4v) is 8.64. The summed E-state index contributed by atoms with van der Waals surface area (Å²) in [6.45, 7) is 5.47. The van der Waals surface area contributed by atoms with Gasteiger partial charge in [-0.25, -0.2) is 0 Å². The van der Waals surface area contributed by atoms with Crippen molar-refractivity contribution >= 4 is 75.9 Å². The number of aliphatic hydroxyl groups excluding tert-OH is 1. The molecule has 1 aromatic carbocycles. The summed E-state index contributed by atoms with van der Waals surface area (Å²) in [6, 6.07) is -0.903. The van der Waals surface area contributed by atoms with Gasteiger partial charge in [-0.15, -0.1) is 11.8 Å². The van der Waals surface area contributed by atoms with Crippen LogP contribution in [0, 0.1) is 11.8 Å². The lowest BCUT2D eigenvalue weighted by Gasteiger charge is -2.32. The Morgan fingerprint density at radius 3 is 2.10 bits per heavy atom. The van der Waals surface area contributed by atoms with E-state index in [9.17, 15) is 53.4 Å². The van der Waals surface area contributed by atoms with Gasteiger partial charge in [-0.1, -0.05) is 58.7 Å². The van der Waals surface area contributed by atoms with Gasteiger partial charge in [0, 0.05) is 42.5 Å². The van der Waals surface area contributed by atoms with Crippen molar-refractivity contribution in [2.45, 2.75) is 114 Å². The molecule has 61 heavy (non-hydrogen) atoms. The van der Waals surface area contributed by atoms with Crippen LogP contribution in [0.4, 0.5) is 0 Å². The predicted molar refractivity (Wildman–Crippen MR) is 220 cm³/mol. The van der Waals surface area contributed by atoms with Crippen molar-refractivity contribution < 1.29 is 53.4 Å². The number of nitrogens with one attached hydrogen (secondary N) is 8. The summed E-state index contributed by atoms with van der Waals surface area (Å²) in [5.41, 5.74) is 1.17. The van der Waals surface area contributed by atoms with E-state index in [2.05, 4.69) is 42.2 Å². The number of carbonyl (C=O) groups is 9. The second kappa shape index (κ2) is 20.7. The fourth-order valence-electron chi connectivity index (χ4n) is 7.52. The first-order valence-electron chi connectivity index (χ1n) is 20.5. The number of thioether (sulfide) groups is 1. The number of aromatic amines is 1. The fraction of sp³-hybridized carbons (Fsp3) is 0.575. The quantitative estimate of drug-likeness (QED) is 0.151. The maximum absolute atomic E-state index is 14.3. The number of hydrogen-bond donors (Lipinski definition) is 10. The molecule has 1 aromatic heterocycles. The van der Waals surface area contributed by atoms with Gasteiger partial charge in [0.2, 0.25) is 47.3 Å². The summed E-state index contributed by atoms with van der Waals surface area (Å²) in [5.74, 6) is -8.71. The van der Waals surface area contributed by atoms with E-state index in [4.69, 9.17) is 0 Å². The van der Waals surface area contributed by atoms with E-state index in [1.54, 1.807) is 52.0 Å². The number of H-pyrrole nitrogens is 1. The third kappa shape index (κ3) is 11.6. The minimum Gasteiger partial charge on any atom is -0.481 e. The Labute approximate surface area is 356 Å². The first-order chi connectivity index (χ1) is 29.0. The smallest absolute Gasteiger partial charge is 0.303 e. The molecule has 3 aliphatic heterocycles. The normalized spacial score (nSPS) is 27.6. The monoisotopic (exact) mass is 869 g/mol. The van der Waals surface area contributed by atoms with Crippen molar-refractivity contribution in [3.8, 4) is 0 Å². The number of hydrogen-bond acceptors (Lipinski definition) is 11. The van der Waals surface area contributed by atoms with Crippen LogP contribution in [0.3, 0.4) is 0 Å². The Morgan fingerprint density at radius 2 is 1.43 bits per heavy atom. The molecule has 4 heterocycles. The van der Waals surface area contributed by atoms with Crippen LogP contribution < -0.4 is 37.2 Å². The van der Waals surface area contributed by atoms with Crippen LogP contribution in [0.15, 0.2) is 29.3 Å². The second-order valence-corrected chi connectivity index (χ2v) is 16.8. The van der Waals surface area contributed by atoms with E-state index in [0.29, 0.717) is 34.3 Å². The number of nitrogens with zero attached hydrogens (tertiary/aromatic N) is 1. The summed E-state index contributed by atoms with van der Waals surface area (Å²) in [4.78, 5) is 127. The summed E-state index contributed by atoms with van der Waals surface area (Å²) in [7, 11) is 0. The number of aromatic nitrogens is 1. The van der Waals surface area contributed by atoms with Gasteiger partial charge in [0.25, 0.3) is 0 Å². The van der Waals surface area contributed by atoms with E-state index in [-0.39, 0.29) is 25.1 Å². The number of fused-ring (bicyclic) bond motifs is 5. The largest absolute Gasteiger partial charge is 0.481 e. The molecular formula is C40H55N9O11S. The molecule has 10 N–H and O–H groups in total. The Bertz CT molecular complexity index is 2030. The Kier molecular flexibility index (Phi) is 15.7. The summed E-state index contributed by atoms with van der Waals surface area (Å²) >= 11 is 1.08. The zero-order valence-corrected chi connectivity index (χ0v) is 35.3. The van der Waals surface area contributed by atoms with E-state index in [1.807, 2.05) is 0 Å². The van der Waals surface area contributed by atoms with Crippen molar-refractivity contribution in [3.63, 3.8) is 0 Å². The molecule has 0 aliphatic carbocycles. The van der Waals surface area contributed by atoms with Crippen LogP contribution in [0.2, 0.25) is 0 Å². The number of carboxylic acids is 1. The Morgan fingerprint density at radius 1 is 0.787 bits per heavy atom. The van der Waals surface area contributed by atoms with Gasteiger partial charge >= 0.3 is 5.97 Å². The molecule has 5 rings (SSSR count). The molecule has 20 nitrogen and oxygen atoms in total. The number of para-hydroxylation sites is 1. The molecule has 9 atom stereocenters. The molecule has 1 fully saturated rings. The van der Waals surface area contributed by atoms with Crippen LogP contribution in [0.1, 0.15) is 65.4 Å². The van der Waals surface area contributed by atoms with E-state index < -0.39 is 133 Å². The van der Waals surface area contributed by atoms with Crippen molar-refractivity contribution in [2.75, 3.05) is 25.4 Å². The van der Waals surface area contributed by atoms with Crippen LogP contribution >= 0.6 is 11.8 Å². The molecule has 3 aliphatic rings. The molecule has 0 spiro atoms. The van der Waals surface area contributed by atoms with Gasteiger partial charge in [0.1, 0.15) is 36.3 Å². The molecular weight excluding hydrogens is 815 g/mol. The number of carboxylic acid groups (broad SMARTS) is 1. The molecule has 1 saturated heterocycles. The van der Waals surface area contributed by atoms with Crippen LogP contribution in [0.25, 0.3) is 10.9 Å². The second-order valence-electron chi connectivity index (χ2n) is 15.8. The van der Waals surface area contributed by atoms with E-state index in [0.717, 1.165) is 16.7 Å². The van der Waals surface area contributed by atoms with Gasteiger partial charge in [-0.05, 0) is 29.9 Å². The number of carbonyl (C=O) groups excluding carboxylic acids is 8. The van der Waals surface area contributed by atoms with Gasteiger partial charge in [0.05, 0.1) is 24.2 Å². The number of rotatable bonds is 7. The topological polar surface area (TPSA) is 297 Å². The number of aliphatic carboxylic acids is 1. The molecule has 2 bridgehead atoms. The molecule has 332 valence electrons. The van der Waals surface area contributed by atoms with Crippen molar-refractivity contribution in [1.29, 1.82) is 0 Å². The highest BCUT2D eigenvalue weighted by Crippen LogP contribution is 2.32. The molecule has 0 radical (unpaired) electrons. The molecule has 0 saturated carbocycles. The van der Waals surface area contributed by atoms with Gasteiger partial charge in [-0.2, -0.15) is 0 Å². The third-order valence-electron chi connectivity index (χ3n) is 11.4. The molecule has 21 heteroatoms. The molecule has 2 aromatic rings. The van der Waals surface area contributed by atoms with Crippen molar-refractivity contribution in [3.05, 3.63) is 29.8 Å². The zero-order chi connectivity index (χ0) is 44.5. The molecule has 0 unspecified atom stereocenters. The maximum atomic E-state index is 14.3. The van der Waals surface area contributed by atoms with Gasteiger partial charge in [0.15, 0.2) is 0 Å². The van der Waals surface area contributed by atoms with Crippen LogP contribution in [0.5, 0.6) is 0 Å². The van der Waals surface area contributed by atoms with Crippen LogP contribution in [-0.4, -0.2) is 141 Å². The maximum Gasteiger partial charge on any atom is 0.303 e. The predicted octanol–water partition coefficient (Wildman–Crippen LogP) is -1.60. The van der Waals surface area contributed by atoms with E-state index >= 15 is 0 Å². The highest BCUT2D eigenvalue weighted by molar-refractivity contribution is 7.99. The van der Waals surface area contributed by atoms with Crippen molar-refractivity contribution in [2.24, 2.45) is 11.8 Å². The molecule has 8 amide bonds.